The van der Waals surface area contributed by atoms with E-state index in [1.54, 1.807) is 20.9 Å². The van der Waals surface area contributed by atoms with Gasteiger partial charge in [-0.05, 0) is 90.3 Å². The maximum atomic E-state index is 15.1. The maximum Gasteiger partial charge on any atom is 0.264 e. The fourth-order valence-corrected chi connectivity index (χ4v) is 13.7. The Morgan fingerprint density at radius 3 is 1.06 bits per heavy atom. The van der Waals surface area contributed by atoms with Crippen LogP contribution in [-0.2, 0) is 0 Å². The molecule has 4 aromatic heterocycles. The fraction of sp³-hybridized carbons (Fsp3) is 0. The molecule has 13 aromatic carbocycles. The van der Waals surface area contributed by atoms with E-state index in [-0.39, 0.29) is 11.1 Å². The molecule has 17 rings (SSSR count). The Kier molecular flexibility index (Phi) is 5.94. The minimum absolute atomic E-state index is 0.252. The maximum absolute atomic E-state index is 15.1. The standard InChI is InChI=1S/C56H20Cl4N4O2/c57-33-17-29-43-31(55(65)63-37-15-25-9-7-21-3-1-5-23-11-13-27(41(25)39(21)23)51(37)61-53(29)63)19-35(59)47-46-34(58)18-30-44-32(20-36(60)48(50(44)46)45(33)49(43)47)56(66)64-38-16-26-10-8-22-4-2-6-24-12-14-28(42(26)40(22)24)52(38)62-54(30)64/h1-20H. The summed E-state index contributed by atoms with van der Waals surface area (Å²) in [5.41, 5.74) is 3.32. The van der Waals surface area contributed by atoms with E-state index in [4.69, 9.17) is 56.4 Å². The van der Waals surface area contributed by atoms with Crippen molar-refractivity contribution in [3.63, 3.8) is 0 Å². The van der Waals surface area contributed by atoms with Gasteiger partial charge in [-0.2, -0.15) is 0 Å². The lowest BCUT2D eigenvalue weighted by Crippen LogP contribution is -2.14. The van der Waals surface area contributed by atoms with Crippen LogP contribution in [0.15, 0.2) is 131 Å². The van der Waals surface area contributed by atoms with Gasteiger partial charge >= 0.3 is 0 Å². The average molecular weight is 923 g/mol. The second kappa shape index (κ2) is 11.2. The second-order valence-electron chi connectivity index (χ2n) is 18.0. The molecular formula is C56H20Cl4N4O2. The van der Waals surface area contributed by atoms with E-state index in [2.05, 4.69) is 97.1 Å². The summed E-state index contributed by atoms with van der Waals surface area (Å²) in [5.74, 6) is 0. The van der Waals surface area contributed by atoms with Crippen LogP contribution in [0, 0.1) is 0 Å². The van der Waals surface area contributed by atoms with Crippen LogP contribution in [0.3, 0.4) is 0 Å². The summed E-state index contributed by atoms with van der Waals surface area (Å²) in [7, 11) is 0. The molecule has 0 saturated carbocycles. The number of benzene rings is 13. The smallest absolute Gasteiger partial charge is 0.264 e. The number of hydrogen-bond donors (Lipinski definition) is 0. The highest BCUT2D eigenvalue weighted by Crippen LogP contribution is 2.54. The van der Waals surface area contributed by atoms with Gasteiger partial charge in [0.1, 0.15) is 11.3 Å². The molecule has 304 valence electrons. The molecular weight excluding hydrogens is 902 g/mol. The van der Waals surface area contributed by atoms with Crippen LogP contribution in [-0.4, -0.2) is 18.8 Å². The summed E-state index contributed by atoms with van der Waals surface area (Å²) in [6.07, 6.45) is 0. The van der Waals surface area contributed by atoms with Gasteiger partial charge in [-0.3, -0.25) is 18.4 Å². The number of nitrogens with zero attached hydrogens (tertiary/aromatic N) is 4. The van der Waals surface area contributed by atoms with Crippen molar-refractivity contribution in [3.05, 3.63) is 162 Å². The quantitative estimate of drug-likeness (QED) is 0.112. The van der Waals surface area contributed by atoms with Gasteiger partial charge < -0.3 is 0 Å². The zero-order valence-electron chi connectivity index (χ0n) is 33.7. The summed E-state index contributed by atoms with van der Waals surface area (Å²) in [6.45, 7) is 0. The van der Waals surface area contributed by atoms with E-state index in [0.29, 0.717) is 107 Å². The van der Waals surface area contributed by atoms with Gasteiger partial charge in [0.2, 0.25) is 0 Å². The molecule has 0 spiro atoms. The molecule has 0 saturated heterocycles. The monoisotopic (exact) mass is 920 g/mol. The van der Waals surface area contributed by atoms with Gasteiger partial charge in [0, 0.05) is 84.7 Å². The molecule has 0 aliphatic carbocycles. The van der Waals surface area contributed by atoms with Crippen LogP contribution in [0.5, 0.6) is 0 Å². The number of hydrogen-bond acceptors (Lipinski definition) is 4. The van der Waals surface area contributed by atoms with Crippen molar-refractivity contribution in [1.82, 2.24) is 18.8 Å². The van der Waals surface area contributed by atoms with E-state index < -0.39 is 0 Å². The van der Waals surface area contributed by atoms with E-state index in [9.17, 15) is 0 Å². The first-order valence-corrected chi connectivity index (χ1v) is 23.0. The first-order valence-electron chi connectivity index (χ1n) is 21.5. The third-order valence-corrected chi connectivity index (χ3v) is 16.2. The summed E-state index contributed by atoms with van der Waals surface area (Å²) in [4.78, 5) is 40.9. The van der Waals surface area contributed by atoms with Gasteiger partial charge in [0.15, 0.2) is 0 Å². The van der Waals surface area contributed by atoms with Crippen molar-refractivity contribution >= 4 is 209 Å². The Morgan fingerprint density at radius 1 is 0.318 bits per heavy atom. The van der Waals surface area contributed by atoms with Gasteiger partial charge in [-0.15, -0.1) is 0 Å². The van der Waals surface area contributed by atoms with Gasteiger partial charge in [-0.25, -0.2) is 9.97 Å². The molecule has 0 aliphatic rings. The van der Waals surface area contributed by atoms with Crippen LogP contribution in [0.25, 0.3) is 163 Å². The highest BCUT2D eigenvalue weighted by molar-refractivity contribution is 6.56. The van der Waals surface area contributed by atoms with Crippen molar-refractivity contribution in [3.8, 4) is 0 Å². The van der Waals surface area contributed by atoms with Crippen molar-refractivity contribution < 1.29 is 0 Å². The molecule has 10 heteroatoms. The molecule has 0 fully saturated rings. The Morgan fingerprint density at radius 2 is 0.667 bits per heavy atom. The molecule has 17 aromatic rings. The van der Waals surface area contributed by atoms with E-state index in [1.165, 1.54) is 10.8 Å². The van der Waals surface area contributed by atoms with Crippen LogP contribution in [0.4, 0.5) is 0 Å². The molecule has 0 radical (unpaired) electrons. The zero-order valence-corrected chi connectivity index (χ0v) is 36.7. The zero-order chi connectivity index (χ0) is 43.5. The van der Waals surface area contributed by atoms with E-state index in [1.807, 2.05) is 12.1 Å². The van der Waals surface area contributed by atoms with Gasteiger partial charge in [-0.1, -0.05) is 131 Å². The SMILES string of the molecule is O=c1c2cc(Cl)c3c4c(Cl)cc5c6c(cc(Cl)c(c7c(Cl)cc(c2c37)c2nc3c7ccc8cccc9ccc(cc3n12)c7c98)c46)c(=O)n1c2cc3ccc4cccc6ccc(c2nc51)c3c46. The Hall–Kier alpha value is -7.32. The Labute approximate surface area is 387 Å². The highest BCUT2D eigenvalue weighted by Gasteiger charge is 2.30. The first kappa shape index (κ1) is 35.0. The van der Waals surface area contributed by atoms with Crippen LogP contribution in [0.2, 0.25) is 20.1 Å². The lowest BCUT2D eigenvalue weighted by Gasteiger charge is -2.21. The number of pyridine rings is 2. The Bertz CT molecular complexity index is 4950. The number of rotatable bonds is 0. The molecule has 0 aliphatic heterocycles. The van der Waals surface area contributed by atoms with Crippen LogP contribution < -0.4 is 11.1 Å². The molecule has 6 nitrogen and oxygen atoms in total. The molecule has 0 N–H and O–H groups in total. The van der Waals surface area contributed by atoms with E-state index in [0.717, 1.165) is 64.9 Å². The number of fused-ring (bicyclic) bond motifs is 12. The highest BCUT2D eigenvalue weighted by atomic mass is 35.5. The summed E-state index contributed by atoms with van der Waals surface area (Å²) < 4.78 is 3.40. The van der Waals surface area contributed by atoms with E-state index >= 15 is 9.59 Å². The predicted molar refractivity (Wildman–Crippen MR) is 278 cm³/mol. The summed E-state index contributed by atoms with van der Waals surface area (Å²) in [6, 6.07) is 41.0. The first-order chi connectivity index (χ1) is 32.2. The molecule has 0 amide bonds. The number of halogens is 4. The lowest BCUT2D eigenvalue weighted by atomic mass is 9.86. The third-order valence-electron chi connectivity index (χ3n) is 15.0. The third kappa shape index (κ3) is 3.74. The van der Waals surface area contributed by atoms with Crippen LogP contribution in [0.1, 0.15) is 0 Å². The van der Waals surface area contributed by atoms with Crippen molar-refractivity contribution in [2.45, 2.75) is 0 Å². The topological polar surface area (TPSA) is 68.7 Å². The fourth-order valence-electron chi connectivity index (χ4n) is 12.5. The predicted octanol–water partition coefficient (Wildman–Crippen LogP) is 15.6. The molecule has 4 heterocycles. The average Bonchev–Trinajstić information content (AvgIpc) is 3.91. The number of imidazole rings is 2. The molecule has 66 heavy (non-hydrogen) atoms. The minimum atomic E-state index is -0.252. The largest absolute Gasteiger partial charge is 0.268 e. The van der Waals surface area contributed by atoms with Crippen molar-refractivity contribution in [1.29, 1.82) is 0 Å². The second-order valence-corrected chi connectivity index (χ2v) is 19.6. The van der Waals surface area contributed by atoms with Crippen molar-refractivity contribution in [2.24, 2.45) is 0 Å². The van der Waals surface area contributed by atoms with Gasteiger partial charge in [0.05, 0.1) is 32.8 Å². The molecule has 0 bridgehead atoms. The van der Waals surface area contributed by atoms with Crippen LogP contribution >= 0.6 is 46.4 Å². The Balaban J connectivity index is 1.05. The minimum Gasteiger partial charge on any atom is -0.268 e. The van der Waals surface area contributed by atoms with Gasteiger partial charge in [0.25, 0.3) is 11.1 Å². The normalized spacial score (nSPS) is 13.3. The lowest BCUT2D eigenvalue weighted by molar-refractivity contribution is 1.19. The molecule has 0 atom stereocenters. The molecule has 0 unspecified atom stereocenters. The summed E-state index contributed by atoms with van der Waals surface area (Å²) >= 11 is 30.1. The summed E-state index contributed by atoms with van der Waals surface area (Å²) in [5, 5.41) is 21.8. The van der Waals surface area contributed by atoms with Crippen molar-refractivity contribution in [2.75, 3.05) is 0 Å². The number of aromatic nitrogens is 4.